The first-order valence-corrected chi connectivity index (χ1v) is 6.64. The minimum Gasteiger partial charge on any atom is -0.494 e. The van der Waals surface area contributed by atoms with Gasteiger partial charge in [0, 0.05) is 24.3 Å². The van der Waals surface area contributed by atoms with E-state index < -0.39 is 17.8 Å². The van der Waals surface area contributed by atoms with E-state index in [4.69, 9.17) is 9.84 Å². The molecule has 0 aromatic heterocycles. The molecule has 0 unspecified atom stereocenters. The van der Waals surface area contributed by atoms with Crippen LogP contribution in [0.25, 0.3) is 0 Å². The van der Waals surface area contributed by atoms with Gasteiger partial charge in [0.2, 0.25) is 0 Å². The van der Waals surface area contributed by atoms with Gasteiger partial charge in [0.1, 0.15) is 0 Å². The van der Waals surface area contributed by atoms with Crippen molar-refractivity contribution < 1.29 is 23.8 Å². The molecule has 2 N–H and O–H groups in total. The lowest BCUT2D eigenvalue weighted by Crippen LogP contribution is -2.38. The highest BCUT2D eigenvalue weighted by atomic mass is 19.1. The maximum absolute atomic E-state index is 13.6. The zero-order valence-electron chi connectivity index (χ0n) is 11.6. The van der Waals surface area contributed by atoms with Gasteiger partial charge in [0.05, 0.1) is 13.5 Å². The molecule has 0 heterocycles. The maximum Gasteiger partial charge on any atom is 0.322 e. The number of benzene rings is 1. The molecule has 1 saturated carbocycles. The first-order chi connectivity index (χ1) is 10.0. The Labute approximate surface area is 121 Å². The lowest BCUT2D eigenvalue weighted by molar-refractivity contribution is -0.137. The molecule has 0 saturated heterocycles. The van der Waals surface area contributed by atoms with Crippen LogP contribution in [0.2, 0.25) is 0 Å². The highest BCUT2D eigenvalue weighted by Crippen LogP contribution is 2.28. The summed E-state index contributed by atoms with van der Waals surface area (Å²) in [6.45, 7) is 0.143. The van der Waals surface area contributed by atoms with E-state index >= 15 is 0 Å². The van der Waals surface area contributed by atoms with Crippen LogP contribution >= 0.6 is 0 Å². The normalized spacial score (nSPS) is 13.6. The molecule has 1 fully saturated rings. The first-order valence-electron chi connectivity index (χ1n) is 6.64. The van der Waals surface area contributed by atoms with Crippen LogP contribution in [0.3, 0.4) is 0 Å². The zero-order valence-corrected chi connectivity index (χ0v) is 11.6. The number of anilines is 1. The predicted octanol–water partition coefficient (Wildman–Crippen LogP) is 2.31. The first kappa shape index (κ1) is 15.1. The van der Waals surface area contributed by atoms with Gasteiger partial charge < -0.3 is 20.1 Å². The summed E-state index contributed by atoms with van der Waals surface area (Å²) in [7, 11) is 1.36. The van der Waals surface area contributed by atoms with E-state index in [2.05, 4.69) is 5.32 Å². The summed E-state index contributed by atoms with van der Waals surface area (Å²) in [5, 5.41) is 11.3. The van der Waals surface area contributed by atoms with E-state index in [1.54, 1.807) is 0 Å². The maximum atomic E-state index is 13.6. The van der Waals surface area contributed by atoms with E-state index in [-0.39, 0.29) is 24.8 Å². The number of methoxy groups -OCH3 is 1. The van der Waals surface area contributed by atoms with E-state index in [0.29, 0.717) is 5.69 Å². The number of ether oxygens (including phenoxy) is 1. The van der Waals surface area contributed by atoms with Crippen molar-refractivity contribution in [3.8, 4) is 5.75 Å². The van der Waals surface area contributed by atoms with Crippen molar-refractivity contribution in [3.63, 3.8) is 0 Å². The number of amides is 2. The lowest BCUT2D eigenvalue weighted by Gasteiger charge is -2.22. The zero-order chi connectivity index (χ0) is 15.4. The fourth-order valence-corrected chi connectivity index (χ4v) is 1.99. The Bertz CT molecular complexity index is 546. The number of carbonyl (C=O) groups is 2. The molecule has 6 nitrogen and oxygen atoms in total. The third-order valence-corrected chi connectivity index (χ3v) is 3.22. The van der Waals surface area contributed by atoms with Gasteiger partial charge >= 0.3 is 12.0 Å². The van der Waals surface area contributed by atoms with Crippen LogP contribution in [0.15, 0.2) is 18.2 Å². The molecule has 114 valence electrons. The predicted molar refractivity (Wildman–Crippen MR) is 74.0 cm³/mol. The molecule has 7 heteroatoms. The molecule has 1 aromatic rings. The number of carbonyl (C=O) groups excluding carboxylic acids is 1. The standard InChI is InChI=1S/C14H17FN2O4/c1-21-12-5-2-9(8-11(12)15)16-14(20)17(10-3-4-10)7-6-13(18)19/h2,5,8,10H,3-4,6-7H2,1H3,(H,16,20)(H,18,19). The van der Waals surface area contributed by atoms with Crippen molar-refractivity contribution in [1.29, 1.82) is 0 Å². The summed E-state index contributed by atoms with van der Waals surface area (Å²) in [5.74, 6) is -1.43. The fraction of sp³-hybridized carbons (Fsp3) is 0.429. The second kappa shape index (κ2) is 6.43. The van der Waals surface area contributed by atoms with Crippen molar-refractivity contribution in [3.05, 3.63) is 24.0 Å². The molecule has 1 aliphatic carbocycles. The largest absolute Gasteiger partial charge is 0.494 e. The molecule has 0 aliphatic heterocycles. The molecule has 2 amide bonds. The smallest absolute Gasteiger partial charge is 0.322 e. The van der Waals surface area contributed by atoms with Gasteiger partial charge in [-0.2, -0.15) is 0 Å². The second-order valence-corrected chi connectivity index (χ2v) is 4.85. The van der Waals surface area contributed by atoms with Crippen LogP contribution in [-0.4, -0.2) is 41.7 Å². The lowest BCUT2D eigenvalue weighted by atomic mass is 10.3. The van der Waals surface area contributed by atoms with Crippen LogP contribution in [0.1, 0.15) is 19.3 Å². The number of urea groups is 1. The van der Waals surface area contributed by atoms with E-state index in [0.717, 1.165) is 12.8 Å². The van der Waals surface area contributed by atoms with Gasteiger partial charge in [-0.25, -0.2) is 9.18 Å². The number of aliphatic carboxylic acids is 1. The third kappa shape index (κ3) is 4.08. The van der Waals surface area contributed by atoms with E-state index in [1.807, 2.05) is 0 Å². The Morgan fingerprint density at radius 3 is 2.71 bits per heavy atom. The molecular weight excluding hydrogens is 279 g/mol. The van der Waals surface area contributed by atoms with E-state index in [1.165, 1.54) is 30.2 Å². The number of nitrogens with one attached hydrogen (secondary N) is 1. The minimum atomic E-state index is -0.955. The highest BCUT2D eigenvalue weighted by molar-refractivity contribution is 5.90. The average molecular weight is 296 g/mol. The second-order valence-electron chi connectivity index (χ2n) is 4.85. The van der Waals surface area contributed by atoms with Crippen molar-refractivity contribution in [2.45, 2.75) is 25.3 Å². The Balaban J connectivity index is 2.01. The van der Waals surface area contributed by atoms with Crippen LogP contribution in [-0.2, 0) is 4.79 Å². The van der Waals surface area contributed by atoms with Gasteiger partial charge in [0.15, 0.2) is 11.6 Å². The van der Waals surface area contributed by atoms with Gasteiger partial charge in [0.25, 0.3) is 0 Å². The molecular formula is C14H17FN2O4. The monoisotopic (exact) mass is 296 g/mol. The molecule has 0 atom stereocenters. The topological polar surface area (TPSA) is 78.9 Å². The molecule has 2 rings (SSSR count). The Morgan fingerprint density at radius 1 is 1.48 bits per heavy atom. The molecule has 21 heavy (non-hydrogen) atoms. The van der Waals surface area contributed by atoms with Gasteiger partial charge in [-0.3, -0.25) is 4.79 Å². The van der Waals surface area contributed by atoms with Crippen LogP contribution in [0.4, 0.5) is 14.9 Å². The Morgan fingerprint density at radius 2 is 2.19 bits per heavy atom. The SMILES string of the molecule is COc1ccc(NC(=O)N(CCC(=O)O)C2CC2)cc1F. The molecule has 0 radical (unpaired) electrons. The summed E-state index contributed by atoms with van der Waals surface area (Å²) >= 11 is 0. The quantitative estimate of drug-likeness (QED) is 0.844. The Kier molecular flexibility index (Phi) is 4.62. The third-order valence-electron chi connectivity index (χ3n) is 3.22. The van der Waals surface area contributed by atoms with Gasteiger partial charge in [-0.05, 0) is 25.0 Å². The number of hydrogen-bond acceptors (Lipinski definition) is 3. The number of carboxylic acids is 1. The minimum absolute atomic E-state index is 0.0763. The van der Waals surface area contributed by atoms with E-state index in [9.17, 15) is 14.0 Å². The van der Waals surface area contributed by atoms with Gasteiger partial charge in [-0.15, -0.1) is 0 Å². The molecule has 1 aromatic carbocycles. The summed E-state index contributed by atoms with van der Waals surface area (Å²) in [6, 6.07) is 3.78. The fourth-order valence-electron chi connectivity index (χ4n) is 1.99. The summed E-state index contributed by atoms with van der Waals surface area (Å²) in [5.41, 5.74) is 0.305. The molecule has 0 spiro atoms. The van der Waals surface area contributed by atoms with Gasteiger partial charge in [-0.1, -0.05) is 0 Å². The van der Waals surface area contributed by atoms with Crippen LogP contribution in [0.5, 0.6) is 5.75 Å². The summed E-state index contributed by atoms with van der Waals surface area (Å²) in [4.78, 5) is 24.2. The van der Waals surface area contributed by atoms with Crippen LogP contribution < -0.4 is 10.1 Å². The van der Waals surface area contributed by atoms with Crippen molar-refractivity contribution >= 4 is 17.7 Å². The number of nitrogens with zero attached hydrogens (tertiary/aromatic N) is 1. The average Bonchev–Trinajstić information content (AvgIpc) is 3.23. The number of halogens is 1. The highest BCUT2D eigenvalue weighted by Gasteiger charge is 2.32. The van der Waals surface area contributed by atoms with Crippen molar-refractivity contribution in [2.24, 2.45) is 0 Å². The Hall–Kier alpha value is -2.31. The number of hydrogen-bond donors (Lipinski definition) is 2. The summed E-state index contributed by atoms with van der Waals surface area (Å²) in [6.07, 6.45) is 1.62. The molecule has 0 bridgehead atoms. The van der Waals surface area contributed by atoms with Crippen molar-refractivity contribution in [2.75, 3.05) is 19.0 Å². The van der Waals surface area contributed by atoms with Crippen molar-refractivity contribution in [1.82, 2.24) is 4.90 Å². The van der Waals surface area contributed by atoms with Crippen LogP contribution in [0, 0.1) is 5.82 Å². The molecule has 1 aliphatic rings. The number of rotatable bonds is 6. The summed E-state index contributed by atoms with van der Waals surface area (Å²) < 4.78 is 18.4. The number of carboxylic acid groups (broad SMARTS) is 1.